The quantitative estimate of drug-likeness (QED) is 0.731. The SMILES string of the molecule is CC(CN(C)C(=O)C(C)C(C)C)C(N)=S. The molecular weight excluding hydrogens is 208 g/mol. The molecule has 0 saturated heterocycles. The molecule has 0 rings (SSSR count). The number of carbonyl (C=O) groups is 1. The van der Waals surface area contributed by atoms with Crippen molar-refractivity contribution >= 4 is 23.1 Å². The predicted molar refractivity (Wildman–Crippen MR) is 67.6 cm³/mol. The van der Waals surface area contributed by atoms with Crippen molar-refractivity contribution in [2.24, 2.45) is 23.5 Å². The molecule has 0 bridgehead atoms. The Labute approximate surface area is 98.0 Å². The van der Waals surface area contributed by atoms with Crippen LogP contribution in [0.5, 0.6) is 0 Å². The smallest absolute Gasteiger partial charge is 0.225 e. The van der Waals surface area contributed by atoms with Gasteiger partial charge in [0.1, 0.15) is 0 Å². The Morgan fingerprint density at radius 3 is 2.13 bits per heavy atom. The van der Waals surface area contributed by atoms with E-state index in [2.05, 4.69) is 0 Å². The molecule has 0 heterocycles. The molecule has 3 nitrogen and oxygen atoms in total. The first-order valence-electron chi connectivity index (χ1n) is 5.31. The summed E-state index contributed by atoms with van der Waals surface area (Å²) < 4.78 is 0. The minimum atomic E-state index is 0.0496. The maximum Gasteiger partial charge on any atom is 0.225 e. The highest BCUT2D eigenvalue weighted by Gasteiger charge is 2.21. The molecule has 0 spiro atoms. The third-order valence-electron chi connectivity index (χ3n) is 2.80. The van der Waals surface area contributed by atoms with Gasteiger partial charge in [0.2, 0.25) is 5.91 Å². The fourth-order valence-electron chi connectivity index (χ4n) is 1.22. The van der Waals surface area contributed by atoms with Gasteiger partial charge >= 0.3 is 0 Å². The van der Waals surface area contributed by atoms with Crippen molar-refractivity contribution in [1.29, 1.82) is 0 Å². The zero-order valence-electron chi connectivity index (χ0n) is 10.3. The number of nitrogens with two attached hydrogens (primary N) is 1. The summed E-state index contributed by atoms with van der Waals surface area (Å²) in [6.07, 6.45) is 0. The van der Waals surface area contributed by atoms with Gasteiger partial charge in [-0.05, 0) is 5.92 Å². The summed E-state index contributed by atoms with van der Waals surface area (Å²) in [7, 11) is 1.80. The molecule has 0 radical (unpaired) electrons. The molecule has 4 heteroatoms. The third kappa shape index (κ3) is 4.60. The number of nitrogens with zero attached hydrogens (tertiary/aromatic N) is 1. The second-order valence-electron chi connectivity index (χ2n) is 4.55. The minimum absolute atomic E-state index is 0.0496. The molecule has 1 amide bonds. The Kier molecular flexibility index (Phi) is 5.80. The van der Waals surface area contributed by atoms with Gasteiger partial charge in [0.25, 0.3) is 0 Å². The van der Waals surface area contributed by atoms with E-state index in [9.17, 15) is 4.79 Å². The molecule has 0 fully saturated rings. The molecule has 0 saturated carbocycles. The minimum Gasteiger partial charge on any atom is -0.393 e. The summed E-state index contributed by atoms with van der Waals surface area (Å²) in [4.78, 5) is 14.1. The van der Waals surface area contributed by atoms with Crippen LogP contribution in [0.3, 0.4) is 0 Å². The Bertz CT molecular complexity index is 241. The van der Waals surface area contributed by atoms with Gasteiger partial charge in [0.15, 0.2) is 0 Å². The molecule has 0 aromatic carbocycles. The van der Waals surface area contributed by atoms with Crippen LogP contribution in [0, 0.1) is 17.8 Å². The van der Waals surface area contributed by atoms with Gasteiger partial charge in [0, 0.05) is 25.4 Å². The third-order valence-corrected chi connectivity index (χ3v) is 3.20. The van der Waals surface area contributed by atoms with E-state index >= 15 is 0 Å². The average molecular weight is 230 g/mol. The van der Waals surface area contributed by atoms with Gasteiger partial charge in [-0.1, -0.05) is 39.9 Å². The van der Waals surface area contributed by atoms with Crippen LogP contribution in [-0.4, -0.2) is 29.4 Å². The summed E-state index contributed by atoms with van der Waals surface area (Å²) in [5.41, 5.74) is 5.51. The molecule has 15 heavy (non-hydrogen) atoms. The summed E-state index contributed by atoms with van der Waals surface area (Å²) >= 11 is 4.88. The summed E-state index contributed by atoms with van der Waals surface area (Å²) in [6, 6.07) is 0. The lowest BCUT2D eigenvalue weighted by atomic mass is 9.96. The first kappa shape index (κ1) is 14.4. The van der Waals surface area contributed by atoms with Crippen molar-refractivity contribution in [1.82, 2.24) is 4.90 Å². The van der Waals surface area contributed by atoms with Gasteiger partial charge in [-0.2, -0.15) is 0 Å². The molecule has 2 unspecified atom stereocenters. The maximum absolute atomic E-state index is 11.9. The van der Waals surface area contributed by atoms with Gasteiger partial charge in [-0.15, -0.1) is 0 Å². The van der Waals surface area contributed by atoms with Crippen molar-refractivity contribution in [3.05, 3.63) is 0 Å². The molecule has 0 aliphatic carbocycles. The summed E-state index contributed by atoms with van der Waals surface area (Å²) in [5, 5.41) is 0. The molecule has 88 valence electrons. The summed E-state index contributed by atoms with van der Waals surface area (Å²) in [6.45, 7) is 8.59. The highest BCUT2D eigenvalue weighted by molar-refractivity contribution is 7.80. The predicted octanol–water partition coefficient (Wildman–Crippen LogP) is 1.66. The van der Waals surface area contributed by atoms with E-state index in [1.165, 1.54) is 0 Å². The molecule has 0 aromatic heterocycles. The van der Waals surface area contributed by atoms with E-state index in [0.29, 0.717) is 17.5 Å². The van der Waals surface area contributed by atoms with Crippen molar-refractivity contribution in [2.75, 3.05) is 13.6 Å². The Balaban J connectivity index is 4.27. The number of hydrogen-bond acceptors (Lipinski definition) is 2. The number of thiocarbonyl (C=S) groups is 1. The Morgan fingerprint density at radius 1 is 1.33 bits per heavy atom. The van der Waals surface area contributed by atoms with Crippen LogP contribution in [-0.2, 0) is 4.79 Å². The zero-order valence-corrected chi connectivity index (χ0v) is 11.1. The molecule has 0 aromatic rings. The number of amides is 1. The lowest BCUT2D eigenvalue weighted by molar-refractivity contribution is -0.135. The van der Waals surface area contributed by atoms with Crippen molar-refractivity contribution < 1.29 is 4.79 Å². The van der Waals surface area contributed by atoms with E-state index in [4.69, 9.17) is 18.0 Å². The van der Waals surface area contributed by atoms with Crippen LogP contribution in [0.1, 0.15) is 27.7 Å². The van der Waals surface area contributed by atoms with Crippen LogP contribution in [0.2, 0.25) is 0 Å². The highest BCUT2D eigenvalue weighted by Crippen LogP contribution is 2.13. The van der Waals surface area contributed by atoms with E-state index in [1.54, 1.807) is 11.9 Å². The van der Waals surface area contributed by atoms with Gasteiger partial charge < -0.3 is 10.6 Å². The van der Waals surface area contributed by atoms with Crippen LogP contribution in [0.25, 0.3) is 0 Å². The second kappa shape index (κ2) is 6.05. The highest BCUT2D eigenvalue weighted by atomic mass is 32.1. The van der Waals surface area contributed by atoms with Crippen LogP contribution < -0.4 is 5.73 Å². The van der Waals surface area contributed by atoms with Crippen LogP contribution in [0.15, 0.2) is 0 Å². The maximum atomic E-state index is 11.9. The largest absolute Gasteiger partial charge is 0.393 e. The molecule has 2 atom stereocenters. The molecule has 0 aliphatic heterocycles. The van der Waals surface area contributed by atoms with Gasteiger partial charge in [0.05, 0.1) is 4.99 Å². The number of rotatable bonds is 5. The average Bonchev–Trinajstić information content (AvgIpc) is 2.14. The molecular formula is C11H22N2OS. The van der Waals surface area contributed by atoms with Crippen molar-refractivity contribution in [3.63, 3.8) is 0 Å². The molecule has 2 N–H and O–H groups in total. The molecule has 0 aliphatic rings. The normalized spacial score (nSPS) is 14.8. The van der Waals surface area contributed by atoms with E-state index < -0.39 is 0 Å². The fourth-order valence-corrected chi connectivity index (χ4v) is 1.30. The van der Waals surface area contributed by atoms with Gasteiger partial charge in [-0.3, -0.25) is 4.79 Å². The second-order valence-corrected chi connectivity index (χ2v) is 5.03. The lowest BCUT2D eigenvalue weighted by Crippen LogP contribution is -2.39. The van der Waals surface area contributed by atoms with E-state index in [-0.39, 0.29) is 17.7 Å². The van der Waals surface area contributed by atoms with Crippen LogP contribution in [0.4, 0.5) is 0 Å². The standard InChI is InChI=1S/C11H22N2OS/c1-7(2)9(4)11(14)13(5)6-8(3)10(12)15/h7-9H,6H2,1-5H3,(H2,12,15). The summed E-state index contributed by atoms with van der Waals surface area (Å²) in [5.74, 6) is 0.648. The lowest BCUT2D eigenvalue weighted by Gasteiger charge is -2.25. The monoisotopic (exact) mass is 230 g/mol. The van der Waals surface area contributed by atoms with Gasteiger partial charge in [-0.25, -0.2) is 0 Å². The number of hydrogen-bond donors (Lipinski definition) is 1. The van der Waals surface area contributed by atoms with Crippen molar-refractivity contribution in [2.45, 2.75) is 27.7 Å². The number of carbonyl (C=O) groups excluding carboxylic acids is 1. The Morgan fingerprint density at radius 2 is 1.80 bits per heavy atom. The Hall–Kier alpha value is -0.640. The first-order chi connectivity index (χ1) is 6.77. The fraction of sp³-hybridized carbons (Fsp3) is 0.818. The topological polar surface area (TPSA) is 46.3 Å². The zero-order chi connectivity index (χ0) is 12.2. The van der Waals surface area contributed by atoms with Crippen molar-refractivity contribution in [3.8, 4) is 0 Å². The van der Waals surface area contributed by atoms with Crippen LogP contribution >= 0.6 is 12.2 Å². The van der Waals surface area contributed by atoms with E-state index in [1.807, 2.05) is 27.7 Å². The first-order valence-corrected chi connectivity index (χ1v) is 5.72. The van der Waals surface area contributed by atoms with E-state index in [0.717, 1.165) is 0 Å².